The second-order valence-corrected chi connectivity index (χ2v) is 11.6. The zero-order valence-electron chi connectivity index (χ0n) is 19.7. The number of carbonyl (C=O) groups is 1. The molecule has 0 spiro atoms. The number of nitrogens with zero attached hydrogens (tertiary/aromatic N) is 3. The van der Waals surface area contributed by atoms with Crippen LogP contribution in [0.15, 0.2) is 18.2 Å². The summed E-state index contributed by atoms with van der Waals surface area (Å²) in [5, 5.41) is 8.46. The molecule has 4 aliphatic carbocycles. The predicted octanol–water partition coefficient (Wildman–Crippen LogP) is 7.16. The summed E-state index contributed by atoms with van der Waals surface area (Å²) < 4.78 is 1.94. The molecular formula is C27H34Cl2N4O. The average Bonchev–Trinajstić information content (AvgIpc) is 3.57. The first kappa shape index (κ1) is 22.9. The molecule has 2 unspecified atom stereocenters. The van der Waals surface area contributed by atoms with E-state index in [-0.39, 0.29) is 5.91 Å². The van der Waals surface area contributed by atoms with Gasteiger partial charge in [-0.25, -0.2) is 9.69 Å². The van der Waals surface area contributed by atoms with Gasteiger partial charge in [0.25, 0.3) is 5.91 Å². The molecule has 0 saturated heterocycles. The predicted molar refractivity (Wildman–Crippen MR) is 136 cm³/mol. The Morgan fingerprint density at radius 3 is 2.21 bits per heavy atom. The van der Waals surface area contributed by atoms with Crippen LogP contribution in [0, 0.1) is 0 Å². The van der Waals surface area contributed by atoms with Crippen molar-refractivity contribution in [1.82, 2.24) is 20.2 Å². The van der Waals surface area contributed by atoms with Crippen molar-refractivity contribution < 1.29 is 4.79 Å². The normalized spacial score (nSPS) is 25.1. The monoisotopic (exact) mass is 500 g/mol. The maximum atomic E-state index is 13.9. The van der Waals surface area contributed by atoms with Crippen molar-refractivity contribution in [2.75, 3.05) is 0 Å². The van der Waals surface area contributed by atoms with Crippen LogP contribution in [0.5, 0.6) is 0 Å². The van der Waals surface area contributed by atoms with Crippen LogP contribution in [0.4, 0.5) is 0 Å². The van der Waals surface area contributed by atoms with Gasteiger partial charge in [0.05, 0.1) is 16.4 Å². The Hall–Kier alpha value is -1.56. The van der Waals surface area contributed by atoms with Crippen molar-refractivity contribution in [3.8, 4) is 5.69 Å². The fourth-order valence-electron chi connectivity index (χ4n) is 7.10. The Kier molecular flexibility index (Phi) is 6.38. The average molecular weight is 502 g/mol. The van der Waals surface area contributed by atoms with Crippen LogP contribution >= 0.6 is 23.2 Å². The van der Waals surface area contributed by atoms with Gasteiger partial charge in [-0.05, 0) is 69.1 Å². The number of hydrogen-bond acceptors (Lipinski definition) is 3. The molecule has 1 N–H and O–H groups in total. The van der Waals surface area contributed by atoms with Gasteiger partial charge in [0.2, 0.25) is 0 Å². The molecule has 4 aliphatic rings. The highest BCUT2D eigenvalue weighted by molar-refractivity contribution is 6.35. The summed E-state index contributed by atoms with van der Waals surface area (Å²) in [5.74, 6) is 0.843. The number of rotatable bonds is 5. The molecule has 6 rings (SSSR count). The first-order valence-electron chi connectivity index (χ1n) is 13.3. The summed E-state index contributed by atoms with van der Waals surface area (Å²) in [6.45, 7) is 0. The molecule has 34 heavy (non-hydrogen) atoms. The van der Waals surface area contributed by atoms with Gasteiger partial charge in [0, 0.05) is 28.6 Å². The third-order valence-electron chi connectivity index (χ3n) is 8.71. The lowest BCUT2D eigenvalue weighted by molar-refractivity contribution is 0.0252. The molecule has 1 aromatic heterocycles. The van der Waals surface area contributed by atoms with E-state index in [2.05, 4.69) is 10.4 Å². The van der Waals surface area contributed by atoms with Crippen LogP contribution in [0.1, 0.15) is 117 Å². The van der Waals surface area contributed by atoms with Gasteiger partial charge in [-0.1, -0.05) is 61.7 Å². The standard InChI is InChI=1S/C27H34Cl2N4O/c28-19-13-14-23(22(29)16-19)33-26-18-12-11-17(15-18)24(26)25(30-33)27(34)31-32(20-7-3-1-4-8-20)21-9-5-2-6-10-21/h13-14,16-18,20-21H,1-12,15H2,(H,31,34). The molecular weight excluding hydrogens is 467 g/mol. The third kappa shape index (κ3) is 4.08. The van der Waals surface area contributed by atoms with E-state index in [0.29, 0.717) is 39.7 Å². The molecule has 1 amide bonds. The van der Waals surface area contributed by atoms with Crippen LogP contribution in [0.25, 0.3) is 5.69 Å². The van der Waals surface area contributed by atoms with Crippen molar-refractivity contribution >= 4 is 29.1 Å². The molecule has 2 bridgehead atoms. The van der Waals surface area contributed by atoms with Crippen LogP contribution in [0.3, 0.4) is 0 Å². The maximum Gasteiger partial charge on any atom is 0.286 e. The van der Waals surface area contributed by atoms with Crippen molar-refractivity contribution in [1.29, 1.82) is 0 Å². The number of amides is 1. The first-order valence-corrected chi connectivity index (χ1v) is 14.0. The van der Waals surface area contributed by atoms with Crippen LogP contribution < -0.4 is 5.43 Å². The minimum atomic E-state index is -0.0382. The van der Waals surface area contributed by atoms with Crippen molar-refractivity contribution in [3.05, 3.63) is 45.2 Å². The Bertz CT molecular complexity index is 1050. The van der Waals surface area contributed by atoms with Crippen LogP contribution in [-0.4, -0.2) is 32.8 Å². The van der Waals surface area contributed by atoms with Crippen molar-refractivity contribution in [2.45, 2.75) is 107 Å². The first-order chi connectivity index (χ1) is 16.6. The lowest BCUT2D eigenvalue weighted by atomic mass is 9.90. The molecule has 2 atom stereocenters. The second-order valence-electron chi connectivity index (χ2n) is 10.8. The maximum absolute atomic E-state index is 13.9. The zero-order valence-corrected chi connectivity index (χ0v) is 21.3. The fourth-order valence-corrected chi connectivity index (χ4v) is 7.59. The van der Waals surface area contributed by atoms with Gasteiger partial charge in [-0.15, -0.1) is 0 Å². The Morgan fingerprint density at radius 2 is 1.56 bits per heavy atom. The van der Waals surface area contributed by atoms with E-state index in [1.165, 1.54) is 69.9 Å². The van der Waals surface area contributed by atoms with E-state index in [0.717, 1.165) is 30.5 Å². The molecule has 0 aliphatic heterocycles. The van der Waals surface area contributed by atoms with Gasteiger partial charge in [-0.3, -0.25) is 10.2 Å². The van der Waals surface area contributed by atoms with Gasteiger partial charge < -0.3 is 0 Å². The summed E-state index contributed by atoms with van der Waals surface area (Å²) in [7, 11) is 0. The highest BCUT2D eigenvalue weighted by Gasteiger charge is 2.45. The highest BCUT2D eigenvalue weighted by atomic mass is 35.5. The van der Waals surface area contributed by atoms with Gasteiger partial charge in [-0.2, -0.15) is 5.10 Å². The number of carbonyl (C=O) groups excluding carboxylic acids is 1. The number of halogens is 2. The van der Waals surface area contributed by atoms with Crippen LogP contribution in [0.2, 0.25) is 10.0 Å². The molecule has 7 heteroatoms. The highest BCUT2D eigenvalue weighted by Crippen LogP contribution is 2.55. The number of nitrogens with one attached hydrogen (secondary N) is 1. The lowest BCUT2D eigenvalue weighted by Crippen LogP contribution is -2.55. The second kappa shape index (κ2) is 9.48. The van der Waals surface area contributed by atoms with E-state index in [9.17, 15) is 4.79 Å². The Morgan fingerprint density at radius 1 is 0.912 bits per heavy atom. The number of fused-ring (bicyclic) bond motifs is 5. The van der Waals surface area contributed by atoms with E-state index in [1.54, 1.807) is 6.07 Å². The smallest absolute Gasteiger partial charge is 0.283 e. The molecule has 1 heterocycles. The minimum Gasteiger partial charge on any atom is -0.283 e. The quantitative estimate of drug-likeness (QED) is 0.443. The number of aromatic nitrogens is 2. The van der Waals surface area contributed by atoms with E-state index < -0.39 is 0 Å². The van der Waals surface area contributed by atoms with Crippen LogP contribution in [-0.2, 0) is 0 Å². The SMILES string of the molecule is O=C(NN(C1CCCCC1)C1CCCCC1)c1nn(-c2ccc(Cl)cc2Cl)c2c1C1CCC2C1. The summed E-state index contributed by atoms with van der Waals surface area (Å²) in [4.78, 5) is 13.9. The van der Waals surface area contributed by atoms with E-state index in [1.807, 2.05) is 16.8 Å². The summed E-state index contributed by atoms with van der Waals surface area (Å²) >= 11 is 12.8. The summed E-state index contributed by atoms with van der Waals surface area (Å²) in [6, 6.07) is 6.41. The number of hydrazine groups is 1. The van der Waals surface area contributed by atoms with E-state index >= 15 is 0 Å². The van der Waals surface area contributed by atoms with Gasteiger partial charge in [0.15, 0.2) is 5.69 Å². The van der Waals surface area contributed by atoms with Crippen molar-refractivity contribution in [3.63, 3.8) is 0 Å². The van der Waals surface area contributed by atoms with Gasteiger partial charge >= 0.3 is 0 Å². The number of hydrogen-bond donors (Lipinski definition) is 1. The summed E-state index contributed by atoms with van der Waals surface area (Å²) in [5.41, 5.74) is 7.17. The molecule has 0 radical (unpaired) electrons. The molecule has 5 nitrogen and oxygen atoms in total. The third-order valence-corrected chi connectivity index (χ3v) is 9.24. The molecule has 182 valence electrons. The minimum absolute atomic E-state index is 0.0382. The largest absolute Gasteiger partial charge is 0.286 e. The fraction of sp³-hybridized carbons (Fsp3) is 0.630. The molecule has 1 aromatic carbocycles. The topological polar surface area (TPSA) is 50.2 Å². The number of benzene rings is 1. The summed E-state index contributed by atoms with van der Waals surface area (Å²) in [6.07, 6.45) is 15.8. The van der Waals surface area contributed by atoms with Gasteiger partial charge in [0.1, 0.15) is 0 Å². The molecule has 3 saturated carbocycles. The Balaban J connectivity index is 1.35. The molecule has 3 fully saturated rings. The lowest BCUT2D eigenvalue weighted by Gasteiger charge is -2.41. The van der Waals surface area contributed by atoms with E-state index in [4.69, 9.17) is 28.3 Å². The van der Waals surface area contributed by atoms with Crippen molar-refractivity contribution in [2.24, 2.45) is 0 Å². The molecule has 2 aromatic rings. The Labute approximate surface area is 212 Å². The zero-order chi connectivity index (χ0) is 23.2.